The van der Waals surface area contributed by atoms with Gasteiger partial charge in [-0.3, -0.25) is 0 Å². The van der Waals surface area contributed by atoms with Gasteiger partial charge < -0.3 is 0 Å². The van der Waals surface area contributed by atoms with Gasteiger partial charge in [-0.1, -0.05) is 13.0 Å². The third-order valence-electron chi connectivity index (χ3n) is 1.15. The summed E-state index contributed by atoms with van der Waals surface area (Å²) >= 11 is 0. The summed E-state index contributed by atoms with van der Waals surface area (Å²) in [5.74, 6) is 1.11. The molecule has 0 aliphatic carbocycles. The van der Waals surface area contributed by atoms with E-state index in [0.717, 1.165) is 18.8 Å². The first kappa shape index (κ1) is 29.6. The van der Waals surface area contributed by atoms with Gasteiger partial charge in [0.1, 0.15) is 0 Å². The zero-order chi connectivity index (χ0) is 13.1. The third-order valence-corrected chi connectivity index (χ3v) is 1.15. The van der Waals surface area contributed by atoms with Gasteiger partial charge in [0.2, 0.25) is 0 Å². The van der Waals surface area contributed by atoms with Crippen LogP contribution < -0.4 is 0 Å². The average molecular weight is 262 g/mol. The van der Waals surface area contributed by atoms with Crippen LogP contribution in [-0.4, -0.2) is 0 Å². The number of allylic oxidation sites excluding steroid dienone is 1. The van der Waals surface area contributed by atoms with E-state index in [4.69, 9.17) is 14.0 Å². The maximum atomic E-state index is 7.50. The molecule has 0 fully saturated rings. The SMILES string of the molecule is [C-]#[O+].[C-]#[O+].[C-]#[O+].[CH2][C]([CH]C)[CH]CCC=C.[Fe]. The fraction of sp³-hybridized carbons (Fsp3) is 0.250. The van der Waals surface area contributed by atoms with Gasteiger partial charge in [0.25, 0.3) is 0 Å². The Morgan fingerprint density at radius 3 is 1.69 bits per heavy atom. The molecule has 0 rings (SSSR count). The van der Waals surface area contributed by atoms with Crippen LogP contribution in [0.5, 0.6) is 0 Å². The molecule has 0 atom stereocenters. The summed E-state index contributed by atoms with van der Waals surface area (Å²) in [5.41, 5.74) is 0. The Balaban J connectivity index is -0.0000000498. The smallest absolute Gasteiger partial charge is 0 e. The van der Waals surface area contributed by atoms with Gasteiger partial charge in [-0.15, -0.1) is 6.58 Å². The van der Waals surface area contributed by atoms with E-state index in [-0.39, 0.29) is 17.1 Å². The normalized spacial score (nSPS) is 6.06. The van der Waals surface area contributed by atoms with Crippen molar-refractivity contribution in [3.63, 3.8) is 0 Å². The molecular formula is C12H14FeO3. The first-order valence-corrected chi connectivity index (χ1v) is 3.85. The van der Waals surface area contributed by atoms with Gasteiger partial charge in [0, 0.05) is 17.1 Å². The van der Waals surface area contributed by atoms with Crippen LogP contribution in [0.25, 0.3) is 0 Å². The summed E-state index contributed by atoms with van der Waals surface area (Å²) in [6, 6.07) is 0. The van der Waals surface area contributed by atoms with Crippen LogP contribution in [0.15, 0.2) is 12.7 Å². The second-order valence-corrected chi connectivity index (χ2v) is 1.93. The number of unbranched alkanes of at least 4 members (excludes halogenated alkanes) is 1. The van der Waals surface area contributed by atoms with Crippen molar-refractivity contribution in [3.8, 4) is 0 Å². The fourth-order valence-corrected chi connectivity index (χ4v) is 0.504. The van der Waals surface area contributed by atoms with E-state index in [1.807, 2.05) is 19.4 Å². The Kier molecular flexibility index (Phi) is 86.9. The molecule has 0 aliphatic rings. The maximum Gasteiger partial charge on any atom is 0 e. The zero-order valence-corrected chi connectivity index (χ0v) is 10.2. The Morgan fingerprint density at radius 1 is 1.06 bits per heavy atom. The molecule has 0 bridgehead atoms. The fourth-order valence-electron chi connectivity index (χ4n) is 0.504. The molecule has 0 amide bonds. The van der Waals surface area contributed by atoms with Crippen molar-refractivity contribution >= 4 is 0 Å². The largest absolute Gasteiger partial charge is 0.103 e. The van der Waals surface area contributed by atoms with E-state index >= 15 is 0 Å². The van der Waals surface area contributed by atoms with Crippen molar-refractivity contribution in [1.29, 1.82) is 0 Å². The van der Waals surface area contributed by atoms with Crippen molar-refractivity contribution in [2.45, 2.75) is 19.8 Å². The van der Waals surface area contributed by atoms with Gasteiger partial charge in [0.05, 0.1) is 0 Å². The summed E-state index contributed by atoms with van der Waals surface area (Å²) in [6.45, 7) is 22.9. The quantitative estimate of drug-likeness (QED) is 0.240. The van der Waals surface area contributed by atoms with E-state index in [9.17, 15) is 0 Å². The van der Waals surface area contributed by atoms with E-state index in [1.54, 1.807) is 0 Å². The number of hydrogen-bond donors (Lipinski definition) is 0. The molecule has 4 heteroatoms. The molecular weight excluding hydrogens is 248 g/mol. The zero-order valence-electron chi connectivity index (χ0n) is 9.14. The first-order valence-electron chi connectivity index (χ1n) is 3.85. The Morgan fingerprint density at radius 2 is 1.44 bits per heavy atom. The summed E-state index contributed by atoms with van der Waals surface area (Å²) in [5, 5.41) is 0. The molecule has 0 aromatic carbocycles. The van der Waals surface area contributed by atoms with Crippen LogP contribution in [0, 0.1) is 45.6 Å². The van der Waals surface area contributed by atoms with E-state index < -0.39 is 0 Å². The molecule has 0 saturated heterocycles. The molecule has 4 radical (unpaired) electrons. The average Bonchev–Trinajstić information content (AvgIpc) is 2.36. The molecule has 0 unspecified atom stereocenters. The molecule has 0 saturated carbocycles. The second kappa shape index (κ2) is 47.0. The van der Waals surface area contributed by atoms with Gasteiger partial charge in [0.15, 0.2) is 0 Å². The summed E-state index contributed by atoms with van der Waals surface area (Å²) < 4.78 is 22.5. The van der Waals surface area contributed by atoms with Crippen LogP contribution in [0.1, 0.15) is 19.8 Å². The van der Waals surface area contributed by atoms with E-state index in [1.165, 1.54) is 0 Å². The van der Waals surface area contributed by atoms with Crippen molar-refractivity contribution in [1.82, 2.24) is 0 Å². The Labute approximate surface area is 109 Å². The van der Waals surface area contributed by atoms with Gasteiger partial charge in [-0.05, 0) is 38.5 Å². The molecule has 0 spiro atoms. The summed E-state index contributed by atoms with van der Waals surface area (Å²) in [7, 11) is 0. The van der Waals surface area contributed by atoms with E-state index in [2.05, 4.69) is 39.9 Å². The van der Waals surface area contributed by atoms with Crippen LogP contribution in [0.3, 0.4) is 0 Å². The minimum Gasteiger partial charge on any atom is -0.103 e. The molecule has 0 heterocycles. The van der Waals surface area contributed by atoms with Gasteiger partial charge in [-0.2, -0.15) is 0 Å². The molecule has 0 aliphatic heterocycles. The van der Waals surface area contributed by atoms with Gasteiger partial charge in [-0.25, -0.2) is 0 Å². The summed E-state index contributed by atoms with van der Waals surface area (Å²) in [4.78, 5) is 0. The molecule has 0 N–H and O–H groups in total. The Hall–Kier alpha value is -0.521. The monoisotopic (exact) mass is 262 g/mol. The molecule has 88 valence electrons. The van der Waals surface area contributed by atoms with Crippen molar-refractivity contribution in [2.75, 3.05) is 0 Å². The first-order chi connectivity index (χ1) is 7.31. The number of rotatable bonds is 5. The summed E-state index contributed by atoms with van der Waals surface area (Å²) in [6.07, 6.45) is 8.14. The number of hydrogen-bond acceptors (Lipinski definition) is 0. The third kappa shape index (κ3) is 50.0. The van der Waals surface area contributed by atoms with Crippen molar-refractivity contribution < 1.29 is 31.0 Å². The van der Waals surface area contributed by atoms with Crippen LogP contribution in [0.2, 0.25) is 0 Å². The molecule has 0 aromatic rings. The van der Waals surface area contributed by atoms with E-state index in [0.29, 0.717) is 0 Å². The predicted molar refractivity (Wildman–Crippen MR) is 54.1 cm³/mol. The standard InChI is InChI=1S/C9H14.3CO.Fe/c1-4-6-7-8-9(3)5-2;3*1-2;/h4-5,8H,1,3,6-7H2,2H3;;;;. The van der Waals surface area contributed by atoms with Crippen LogP contribution in [-0.2, 0) is 31.0 Å². The van der Waals surface area contributed by atoms with Crippen LogP contribution >= 0.6 is 0 Å². The molecule has 3 nitrogen and oxygen atoms in total. The minimum atomic E-state index is 0. The maximum absolute atomic E-state index is 7.50. The second-order valence-electron chi connectivity index (χ2n) is 1.93. The topological polar surface area (TPSA) is 59.7 Å². The van der Waals surface area contributed by atoms with Crippen LogP contribution in [0.4, 0.5) is 0 Å². The van der Waals surface area contributed by atoms with Crippen molar-refractivity contribution in [3.05, 3.63) is 58.3 Å². The Bertz CT molecular complexity index is 147. The molecule has 16 heavy (non-hydrogen) atoms. The molecule has 0 aromatic heterocycles. The minimum absolute atomic E-state index is 0. The predicted octanol–water partition coefficient (Wildman–Crippen LogP) is 2.67. The van der Waals surface area contributed by atoms with Crippen molar-refractivity contribution in [2.24, 2.45) is 0 Å². The van der Waals surface area contributed by atoms with Gasteiger partial charge >= 0.3 is 33.9 Å².